The molecule has 0 bridgehead atoms. The van der Waals surface area contributed by atoms with Crippen LogP contribution in [-0.4, -0.2) is 41.5 Å². The quantitative estimate of drug-likeness (QED) is 0.868. The number of hydrogen-bond donors (Lipinski definition) is 1. The van der Waals surface area contributed by atoms with Crippen molar-refractivity contribution in [2.24, 2.45) is 13.0 Å². The van der Waals surface area contributed by atoms with Gasteiger partial charge in [-0.3, -0.25) is 9.48 Å². The summed E-state index contributed by atoms with van der Waals surface area (Å²) in [4.78, 5) is 12.8. The van der Waals surface area contributed by atoms with Crippen LogP contribution in [0.1, 0.15) is 30.4 Å². The van der Waals surface area contributed by atoms with E-state index >= 15 is 0 Å². The van der Waals surface area contributed by atoms with E-state index in [0.29, 0.717) is 36.6 Å². The first-order valence-electron chi connectivity index (χ1n) is 9.36. The van der Waals surface area contributed by atoms with Crippen LogP contribution in [0.15, 0.2) is 35.4 Å². The van der Waals surface area contributed by atoms with Gasteiger partial charge in [0.05, 0.1) is 4.90 Å². The highest BCUT2D eigenvalue weighted by atomic mass is 32.2. The van der Waals surface area contributed by atoms with E-state index in [1.54, 1.807) is 30.1 Å². The molecule has 1 aromatic heterocycles. The average Bonchev–Trinajstić information content (AvgIpc) is 3.29. The van der Waals surface area contributed by atoms with Crippen LogP contribution in [0.5, 0.6) is 0 Å². The number of nitrogens with one attached hydrogen (secondary N) is 1. The zero-order chi connectivity index (χ0) is 19.0. The Hall–Kier alpha value is -2.19. The van der Waals surface area contributed by atoms with Gasteiger partial charge in [0.15, 0.2) is 5.82 Å². The molecule has 2 aliphatic rings. The number of anilines is 1. The number of benzene rings is 1. The SMILES string of the molecule is Cn1ccc(NC(=O)C2CCN(S(=O)(=O)c3ccc4c(c3)CCC4)CC2)n1. The molecule has 1 amide bonds. The lowest BCUT2D eigenvalue weighted by molar-refractivity contribution is -0.120. The fourth-order valence-corrected chi connectivity index (χ4v) is 5.45. The minimum atomic E-state index is -3.50. The van der Waals surface area contributed by atoms with Crippen LogP contribution in [0.4, 0.5) is 5.82 Å². The van der Waals surface area contributed by atoms with Gasteiger partial charge in [0.2, 0.25) is 15.9 Å². The molecule has 0 radical (unpaired) electrons. The van der Waals surface area contributed by atoms with Crippen LogP contribution in [0.2, 0.25) is 0 Å². The Morgan fingerprint density at radius 1 is 1.15 bits per heavy atom. The maximum atomic E-state index is 13.0. The van der Waals surface area contributed by atoms with E-state index in [1.807, 2.05) is 12.1 Å². The van der Waals surface area contributed by atoms with Gasteiger partial charge < -0.3 is 5.32 Å². The van der Waals surface area contributed by atoms with Crippen LogP contribution in [0, 0.1) is 5.92 Å². The van der Waals surface area contributed by atoms with Crippen molar-refractivity contribution in [3.63, 3.8) is 0 Å². The molecule has 1 aliphatic heterocycles. The predicted molar refractivity (Wildman–Crippen MR) is 102 cm³/mol. The molecular weight excluding hydrogens is 364 g/mol. The molecule has 0 saturated carbocycles. The normalized spacial score (nSPS) is 18.4. The molecule has 1 aromatic carbocycles. The lowest BCUT2D eigenvalue weighted by atomic mass is 9.97. The van der Waals surface area contributed by atoms with E-state index < -0.39 is 10.0 Å². The van der Waals surface area contributed by atoms with Crippen molar-refractivity contribution in [1.29, 1.82) is 0 Å². The van der Waals surface area contributed by atoms with Gasteiger partial charge in [-0.2, -0.15) is 9.40 Å². The third kappa shape index (κ3) is 3.64. The van der Waals surface area contributed by atoms with E-state index in [9.17, 15) is 13.2 Å². The fraction of sp³-hybridized carbons (Fsp3) is 0.474. The molecule has 144 valence electrons. The van der Waals surface area contributed by atoms with Gasteiger partial charge in [0, 0.05) is 38.3 Å². The molecule has 2 heterocycles. The van der Waals surface area contributed by atoms with Gasteiger partial charge in [0.25, 0.3) is 0 Å². The first kappa shape index (κ1) is 18.2. The molecule has 1 aliphatic carbocycles. The second-order valence-corrected chi connectivity index (χ2v) is 9.26. The third-order valence-corrected chi connectivity index (χ3v) is 7.39. The monoisotopic (exact) mass is 388 g/mol. The number of rotatable bonds is 4. The number of fused-ring (bicyclic) bond motifs is 1. The van der Waals surface area contributed by atoms with Gasteiger partial charge >= 0.3 is 0 Å². The Morgan fingerprint density at radius 2 is 1.89 bits per heavy atom. The van der Waals surface area contributed by atoms with Crippen molar-refractivity contribution in [2.75, 3.05) is 18.4 Å². The Morgan fingerprint density at radius 3 is 2.59 bits per heavy atom. The average molecular weight is 388 g/mol. The lowest BCUT2D eigenvalue weighted by Crippen LogP contribution is -2.41. The lowest BCUT2D eigenvalue weighted by Gasteiger charge is -2.30. The number of sulfonamides is 1. The van der Waals surface area contributed by atoms with E-state index in [0.717, 1.165) is 24.8 Å². The minimum Gasteiger partial charge on any atom is -0.309 e. The maximum absolute atomic E-state index is 13.0. The Kier molecular flexibility index (Phi) is 4.77. The second-order valence-electron chi connectivity index (χ2n) is 7.33. The van der Waals surface area contributed by atoms with Crippen molar-refractivity contribution in [3.05, 3.63) is 41.6 Å². The molecule has 0 spiro atoms. The zero-order valence-corrected chi connectivity index (χ0v) is 16.2. The molecule has 8 heteroatoms. The van der Waals surface area contributed by atoms with Gasteiger partial charge in [-0.25, -0.2) is 8.42 Å². The Balaban J connectivity index is 1.40. The summed E-state index contributed by atoms with van der Waals surface area (Å²) in [5.74, 6) is 0.234. The molecule has 0 atom stereocenters. The first-order valence-corrected chi connectivity index (χ1v) is 10.8. The summed E-state index contributed by atoms with van der Waals surface area (Å²) in [6.45, 7) is 0.722. The molecule has 27 heavy (non-hydrogen) atoms. The summed E-state index contributed by atoms with van der Waals surface area (Å²) < 4.78 is 29.1. The van der Waals surface area contributed by atoms with Crippen LogP contribution < -0.4 is 5.32 Å². The van der Waals surface area contributed by atoms with Crippen molar-refractivity contribution in [2.45, 2.75) is 37.0 Å². The number of piperidine rings is 1. The number of aryl methyl sites for hydroxylation is 3. The number of aromatic nitrogens is 2. The highest BCUT2D eigenvalue weighted by molar-refractivity contribution is 7.89. The standard InChI is InChI=1S/C19H24N4O3S/c1-22-10-9-18(21-22)20-19(24)15-7-11-23(12-8-15)27(25,26)17-6-5-14-3-2-4-16(14)13-17/h5-6,9-10,13,15H,2-4,7-8,11-12H2,1H3,(H,20,21,24). The number of nitrogens with zero attached hydrogens (tertiary/aromatic N) is 3. The van der Waals surface area contributed by atoms with Crippen LogP contribution in [-0.2, 0) is 34.7 Å². The maximum Gasteiger partial charge on any atom is 0.243 e. The van der Waals surface area contributed by atoms with Crippen molar-refractivity contribution in [3.8, 4) is 0 Å². The second kappa shape index (κ2) is 7.09. The largest absolute Gasteiger partial charge is 0.309 e. The highest BCUT2D eigenvalue weighted by Crippen LogP contribution is 2.28. The topological polar surface area (TPSA) is 84.3 Å². The Bertz CT molecular complexity index is 959. The third-order valence-electron chi connectivity index (χ3n) is 5.50. The van der Waals surface area contributed by atoms with Crippen LogP contribution >= 0.6 is 0 Å². The molecule has 4 rings (SSSR count). The molecule has 1 saturated heterocycles. The fourth-order valence-electron chi connectivity index (χ4n) is 3.93. The summed E-state index contributed by atoms with van der Waals surface area (Å²) in [6, 6.07) is 7.24. The molecular formula is C19H24N4O3S. The molecule has 7 nitrogen and oxygen atoms in total. The summed E-state index contributed by atoms with van der Waals surface area (Å²) >= 11 is 0. The first-order chi connectivity index (χ1) is 12.9. The molecule has 0 unspecified atom stereocenters. The molecule has 1 fully saturated rings. The molecule has 1 N–H and O–H groups in total. The number of hydrogen-bond acceptors (Lipinski definition) is 4. The summed E-state index contributed by atoms with van der Waals surface area (Å²) in [6.07, 6.45) is 5.88. The summed E-state index contributed by atoms with van der Waals surface area (Å²) in [7, 11) is -1.71. The molecule has 2 aromatic rings. The number of carbonyl (C=O) groups is 1. The zero-order valence-electron chi connectivity index (χ0n) is 15.4. The van der Waals surface area contributed by atoms with Crippen LogP contribution in [0.3, 0.4) is 0 Å². The number of amides is 1. The van der Waals surface area contributed by atoms with E-state index in [2.05, 4.69) is 10.4 Å². The van der Waals surface area contributed by atoms with E-state index in [1.165, 1.54) is 9.87 Å². The van der Waals surface area contributed by atoms with Crippen molar-refractivity contribution >= 4 is 21.7 Å². The highest BCUT2D eigenvalue weighted by Gasteiger charge is 2.32. The van der Waals surface area contributed by atoms with Crippen molar-refractivity contribution in [1.82, 2.24) is 14.1 Å². The van der Waals surface area contributed by atoms with E-state index in [-0.39, 0.29) is 11.8 Å². The minimum absolute atomic E-state index is 0.0942. The number of carbonyl (C=O) groups excluding carboxylic acids is 1. The van der Waals surface area contributed by atoms with Crippen molar-refractivity contribution < 1.29 is 13.2 Å². The predicted octanol–water partition coefficient (Wildman–Crippen LogP) is 1.95. The van der Waals surface area contributed by atoms with E-state index in [4.69, 9.17) is 0 Å². The summed E-state index contributed by atoms with van der Waals surface area (Å²) in [5.41, 5.74) is 2.42. The van der Waals surface area contributed by atoms with Gasteiger partial charge in [-0.15, -0.1) is 0 Å². The van der Waals surface area contributed by atoms with Gasteiger partial charge in [-0.1, -0.05) is 6.07 Å². The van der Waals surface area contributed by atoms with Crippen LogP contribution in [0.25, 0.3) is 0 Å². The smallest absolute Gasteiger partial charge is 0.243 e. The van der Waals surface area contributed by atoms with Gasteiger partial charge in [0.1, 0.15) is 0 Å². The van der Waals surface area contributed by atoms with Gasteiger partial charge in [-0.05, 0) is 55.4 Å². The summed E-state index contributed by atoms with van der Waals surface area (Å²) in [5, 5.41) is 6.95. The Labute approximate surface area is 159 Å².